The highest BCUT2D eigenvalue weighted by molar-refractivity contribution is 6.17. The minimum absolute atomic E-state index is 0.254. The van der Waals surface area contributed by atoms with Crippen LogP contribution in [0.15, 0.2) is 23.0 Å². The number of alkyl halides is 1. The molecule has 5 heteroatoms. The van der Waals surface area contributed by atoms with E-state index in [2.05, 4.69) is 17.2 Å². The zero-order valence-corrected chi connectivity index (χ0v) is 10.6. The summed E-state index contributed by atoms with van der Waals surface area (Å²) in [6.07, 6.45) is 1.85. The first-order valence-corrected chi connectivity index (χ1v) is 6.24. The molecule has 0 saturated carbocycles. The van der Waals surface area contributed by atoms with E-state index >= 15 is 0 Å². The van der Waals surface area contributed by atoms with Crippen LogP contribution < -0.4 is 10.9 Å². The summed E-state index contributed by atoms with van der Waals surface area (Å²) in [6.45, 7) is 2.65. The number of aromatic nitrogens is 1. The Bertz CT molecular complexity index is 417. The van der Waals surface area contributed by atoms with Crippen molar-refractivity contribution in [3.8, 4) is 0 Å². The van der Waals surface area contributed by atoms with Crippen molar-refractivity contribution in [3.05, 3.63) is 34.2 Å². The van der Waals surface area contributed by atoms with Crippen LogP contribution in [0, 0.1) is 5.92 Å². The van der Waals surface area contributed by atoms with Crippen LogP contribution in [0.3, 0.4) is 0 Å². The van der Waals surface area contributed by atoms with Crippen molar-refractivity contribution >= 4 is 17.5 Å². The SMILES string of the molecule is CCC(CCCl)CNC(=O)c1cccc(=O)[nH]1. The Hall–Kier alpha value is -1.29. The Morgan fingerprint density at radius 2 is 2.29 bits per heavy atom. The number of hydrogen-bond acceptors (Lipinski definition) is 2. The number of carbonyl (C=O) groups excluding carboxylic acids is 1. The minimum atomic E-state index is -0.273. The molecule has 0 fully saturated rings. The number of H-pyrrole nitrogens is 1. The number of amides is 1. The van der Waals surface area contributed by atoms with Crippen molar-refractivity contribution in [2.45, 2.75) is 19.8 Å². The summed E-state index contributed by atoms with van der Waals surface area (Å²) in [5.74, 6) is 0.721. The summed E-state index contributed by atoms with van der Waals surface area (Å²) in [5.41, 5.74) is 0.0173. The molecule has 0 saturated heterocycles. The molecule has 0 bridgehead atoms. The third kappa shape index (κ3) is 4.61. The molecule has 94 valence electrons. The van der Waals surface area contributed by atoms with E-state index in [0.29, 0.717) is 24.0 Å². The first kappa shape index (κ1) is 13.8. The lowest BCUT2D eigenvalue weighted by molar-refractivity contribution is 0.0941. The minimum Gasteiger partial charge on any atom is -0.350 e. The first-order valence-electron chi connectivity index (χ1n) is 5.70. The molecule has 0 aliphatic carbocycles. The van der Waals surface area contributed by atoms with E-state index in [4.69, 9.17) is 11.6 Å². The van der Waals surface area contributed by atoms with Gasteiger partial charge in [0.15, 0.2) is 0 Å². The largest absolute Gasteiger partial charge is 0.350 e. The molecular formula is C12H17ClN2O2. The molecule has 1 amide bonds. The average molecular weight is 257 g/mol. The molecule has 0 radical (unpaired) electrons. The second kappa shape index (κ2) is 7.12. The maximum atomic E-state index is 11.7. The zero-order valence-electron chi connectivity index (χ0n) is 9.83. The molecule has 1 unspecified atom stereocenters. The molecule has 0 spiro atoms. The van der Waals surface area contributed by atoms with Gasteiger partial charge < -0.3 is 10.3 Å². The molecule has 2 N–H and O–H groups in total. The first-order chi connectivity index (χ1) is 8.17. The second-order valence-corrected chi connectivity index (χ2v) is 4.27. The molecule has 0 aliphatic rings. The standard InChI is InChI=1S/C12H17ClN2O2/c1-2-9(6-7-13)8-14-12(17)10-4-3-5-11(16)15-10/h3-5,9H,2,6-8H2,1H3,(H,14,17)(H,15,16). The molecular weight excluding hydrogens is 240 g/mol. The van der Waals surface area contributed by atoms with Crippen molar-refractivity contribution in [2.75, 3.05) is 12.4 Å². The van der Waals surface area contributed by atoms with Crippen molar-refractivity contribution in [1.82, 2.24) is 10.3 Å². The smallest absolute Gasteiger partial charge is 0.267 e. The summed E-state index contributed by atoms with van der Waals surface area (Å²) in [4.78, 5) is 25.2. The van der Waals surface area contributed by atoms with E-state index in [9.17, 15) is 9.59 Å². The van der Waals surface area contributed by atoms with Crippen LogP contribution in [0.1, 0.15) is 30.3 Å². The van der Waals surface area contributed by atoms with E-state index in [1.807, 2.05) is 0 Å². The number of halogens is 1. The Labute approximate surface area is 105 Å². The number of hydrogen-bond donors (Lipinski definition) is 2. The zero-order chi connectivity index (χ0) is 12.7. The topological polar surface area (TPSA) is 62.0 Å². The fourth-order valence-corrected chi connectivity index (χ4v) is 1.83. The number of pyridine rings is 1. The van der Waals surface area contributed by atoms with Crippen molar-refractivity contribution in [2.24, 2.45) is 5.92 Å². The molecule has 0 aliphatic heterocycles. The van der Waals surface area contributed by atoms with Gasteiger partial charge in [-0.2, -0.15) is 0 Å². The second-order valence-electron chi connectivity index (χ2n) is 3.89. The normalized spacial score (nSPS) is 12.1. The van der Waals surface area contributed by atoms with Gasteiger partial charge in [0.2, 0.25) is 5.56 Å². The van der Waals surface area contributed by atoms with Gasteiger partial charge in [0, 0.05) is 18.5 Å². The van der Waals surface area contributed by atoms with Gasteiger partial charge in [-0.3, -0.25) is 9.59 Å². The highest BCUT2D eigenvalue weighted by Gasteiger charge is 2.10. The maximum absolute atomic E-state index is 11.7. The van der Waals surface area contributed by atoms with Crippen LogP contribution in [0.4, 0.5) is 0 Å². The van der Waals surface area contributed by atoms with E-state index in [-0.39, 0.29) is 11.5 Å². The van der Waals surface area contributed by atoms with Gasteiger partial charge in [-0.05, 0) is 18.4 Å². The summed E-state index contributed by atoms with van der Waals surface area (Å²) in [5, 5.41) is 2.79. The average Bonchev–Trinajstić information content (AvgIpc) is 2.34. The van der Waals surface area contributed by atoms with Crippen molar-refractivity contribution in [1.29, 1.82) is 0 Å². The Kier molecular flexibility index (Phi) is 5.77. The monoisotopic (exact) mass is 256 g/mol. The van der Waals surface area contributed by atoms with Gasteiger partial charge in [-0.25, -0.2) is 0 Å². The van der Waals surface area contributed by atoms with E-state index < -0.39 is 0 Å². The number of nitrogens with one attached hydrogen (secondary N) is 2. The van der Waals surface area contributed by atoms with Gasteiger partial charge in [0.25, 0.3) is 5.91 Å². The number of carbonyl (C=O) groups is 1. The van der Waals surface area contributed by atoms with Gasteiger partial charge in [-0.15, -0.1) is 11.6 Å². The quantitative estimate of drug-likeness (QED) is 0.762. The lowest BCUT2D eigenvalue weighted by Crippen LogP contribution is -2.31. The molecule has 1 aromatic rings. The number of aromatic amines is 1. The highest BCUT2D eigenvalue weighted by atomic mass is 35.5. The Balaban J connectivity index is 2.52. The molecule has 0 aromatic carbocycles. The van der Waals surface area contributed by atoms with Crippen molar-refractivity contribution in [3.63, 3.8) is 0 Å². The van der Waals surface area contributed by atoms with Crippen LogP contribution in [0.25, 0.3) is 0 Å². The van der Waals surface area contributed by atoms with Gasteiger partial charge >= 0.3 is 0 Å². The Morgan fingerprint density at radius 3 is 2.88 bits per heavy atom. The van der Waals surface area contributed by atoms with Crippen LogP contribution >= 0.6 is 11.6 Å². The fraction of sp³-hybridized carbons (Fsp3) is 0.500. The van der Waals surface area contributed by atoms with Crippen LogP contribution in [-0.2, 0) is 0 Å². The van der Waals surface area contributed by atoms with E-state index in [1.165, 1.54) is 6.07 Å². The predicted octanol–water partition coefficient (Wildman–Crippen LogP) is 1.76. The molecule has 17 heavy (non-hydrogen) atoms. The fourth-order valence-electron chi connectivity index (χ4n) is 1.52. The highest BCUT2D eigenvalue weighted by Crippen LogP contribution is 2.07. The molecule has 1 rings (SSSR count). The van der Waals surface area contributed by atoms with Crippen LogP contribution in [-0.4, -0.2) is 23.3 Å². The third-order valence-electron chi connectivity index (χ3n) is 2.66. The Morgan fingerprint density at radius 1 is 1.53 bits per heavy atom. The van der Waals surface area contributed by atoms with Crippen molar-refractivity contribution < 1.29 is 4.79 Å². The van der Waals surface area contributed by atoms with Gasteiger partial charge in [0.1, 0.15) is 5.69 Å². The summed E-state index contributed by atoms with van der Waals surface area (Å²) >= 11 is 5.67. The van der Waals surface area contributed by atoms with E-state index in [0.717, 1.165) is 12.8 Å². The van der Waals surface area contributed by atoms with Crippen LogP contribution in [0.5, 0.6) is 0 Å². The van der Waals surface area contributed by atoms with Gasteiger partial charge in [0.05, 0.1) is 0 Å². The lowest BCUT2D eigenvalue weighted by Gasteiger charge is -2.13. The van der Waals surface area contributed by atoms with Crippen LogP contribution in [0.2, 0.25) is 0 Å². The third-order valence-corrected chi connectivity index (χ3v) is 2.88. The van der Waals surface area contributed by atoms with E-state index in [1.54, 1.807) is 12.1 Å². The maximum Gasteiger partial charge on any atom is 0.267 e. The number of rotatable bonds is 6. The molecule has 1 atom stereocenters. The lowest BCUT2D eigenvalue weighted by atomic mass is 10.0. The molecule has 1 aromatic heterocycles. The summed E-state index contributed by atoms with van der Waals surface area (Å²) in [6, 6.07) is 4.52. The molecule has 4 nitrogen and oxygen atoms in total. The molecule has 1 heterocycles. The summed E-state index contributed by atoms with van der Waals surface area (Å²) in [7, 11) is 0. The predicted molar refractivity (Wildman–Crippen MR) is 68.5 cm³/mol. The van der Waals surface area contributed by atoms with Gasteiger partial charge in [-0.1, -0.05) is 19.4 Å². The summed E-state index contributed by atoms with van der Waals surface area (Å²) < 4.78 is 0.